The van der Waals surface area contributed by atoms with Crippen molar-refractivity contribution in [1.82, 2.24) is 0 Å². The molecule has 0 heterocycles. The minimum Gasteiger partial charge on any atom is -0.481 e. The molecule has 0 aromatic heterocycles. The van der Waals surface area contributed by atoms with E-state index in [9.17, 15) is 4.79 Å². The third-order valence-electron chi connectivity index (χ3n) is 2.73. The lowest BCUT2D eigenvalue weighted by atomic mass is 9.89. The van der Waals surface area contributed by atoms with Gasteiger partial charge in [0, 0.05) is 5.75 Å². The minimum absolute atomic E-state index is 0.264. The average Bonchev–Trinajstić information content (AvgIpc) is 2.18. The molecule has 0 saturated carbocycles. The fourth-order valence-corrected chi connectivity index (χ4v) is 1.94. The second-order valence-corrected chi connectivity index (χ2v) is 4.24. The van der Waals surface area contributed by atoms with Gasteiger partial charge in [0.05, 0.1) is 5.92 Å². The number of thiol groups is 1. The molecule has 14 heavy (non-hydrogen) atoms. The minimum atomic E-state index is -0.699. The van der Waals surface area contributed by atoms with Crippen LogP contribution in [0.15, 0.2) is 0 Å². The molecule has 0 aliphatic heterocycles. The number of unbranched alkanes of at least 4 members (excludes halogenated alkanes) is 1. The van der Waals surface area contributed by atoms with E-state index in [1.54, 1.807) is 0 Å². The number of carboxylic acid groups (broad SMARTS) is 1. The molecule has 0 amide bonds. The highest BCUT2D eigenvalue weighted by atomic mass is 32.1. The van der Waals surface area contributed by atoms with E-state index in [-0.39, 0.29) is 5.92 Å². The SMILES string of the molecule is CCCCC(CC)CC(CS)C(=O)O. The van der Waals surface area contributed by atoms with Crippen LogP contribution in [0.25, 0.3) is 0 Å². The first-order valence-electron chi connectivity index (χ1n) is 5.49. The number of aliphatic carboxylic acids is 1. The first-order valence-corrected chi connectivity index (χ1v) is 6.12. The molecule has 0 aromatic carbocycles. The van der Waals surface area contributed by atoms with E-state index in [2.05, 4.69) is 26.5 Å². The van der Waals surface area contributed by atoms with Crippen LogP contribution in [-0.2, 0) is 4.79 Å². The molecule has 2 unspecified atom stereocenters. The van der Waals surface area contributed by atoms with Gasteiger partial charge in [0.1, 0.15) is 0 Å². The van der Waals surface area contributed by atoms with Gasteiger partial charge in [-0.1, -0.05) is 39.5 Å². The lowest BCUT2D eigenvalue weighted by molar-refractivity contribution is -0.141. The van der Waals surface area contributed by atoms with Gasteiger partial charge in [0.25, 0.3) is 0 Å². The Labute approximate surface area is 92.5 Å². The molecular formula is C11H22O2S. The van der Waals surface area contributed by atoms with E-state index in [4.69, 9.17) is 5.11 Å². The van der Waals surface area contributed by atoms with Gasteiger partial charge >= 0.3 is 5.97 Å². The van der Waals surface area contributed by atoms with Gasteiger partial charge in [-0.2, -0.15) is 12.6 Å². The van der Waals surface area contributed by atoms with E-state index in [0.29, 0.717) is 11.7 Å². The van der Waals surface area contributed by atoms with Crippen LogP contribution in [0.3, 0.4) is 0 Å². The molecular weight excluding hydrogens is 196 g/mol. The molecule has 0 spiro atoms. The summed E-state index contributed by atoms with van der Waals surface area (Å²) in [6.45, 7) is 4.30. The molecule has 0 fully saturated rings. The molecule has 0 aliphatic carbocycles. The number of hydrogen-bond donors (Lipinski definition) is 2. The van der Waals surface area contributed by atoms with Crippen LogP contribution in [-0.4, -0.2) is 16.8 Å². The van der Waals surface area contributed by atoms with Gasteiger partial charge in [-0.15, -0.1) is 0 Å². The summed E-state index contributed by atoms with van der Waals surface area (Å²) in [4.78, 5) is 10.8. The molecule has 1 N–H and O–H groups in total. The highest BCUT2D eigenvalue weighted by Gasteiger charge is 2.19. The monoisotopic (exact) mass is 218 g/mol. The number of carbonyl (C=O) groups is 1. The third-order valence-corrected chi connectivity index (χ3v) is 3.17. The van der Waals surface area contributed by atoms with Gasteiger partial charge in [-0.25, -0.2) is 0 Å². The average molecular weight is 218 g/mol. The Morgan fingerprint density at radius 2 is 2.07 bits per heavy atom. The number of carboxylic acids is 1. The molecule has 2 nitrogen and oxygen atoms in total. The fraction of sp³-hybridized carbons (Fsp3) is 0.909. The van der Waals surface area contributed by atoms with Gasteiger partial charge in [0.15, 0.2) is 0 Å². The Balaban J connectivity index is 3.94. The van der Waals surface area contributed by atoms with E-state index >= 15 is 0 Å². The van der Waals surface area contributed by atoms with Crippen molar-refractivity contribution in [2.75, 3.05) is 5.75 Å². The zero-order chi connectivity index (χ0) is 11.0. The topological polar surface area (TPSA) is 37.3 Å². The van der Waals surface area contributed by atoms with Crippen molar-refractivity contribution in [2.45, 2.75) is 46.0 Å². The van der Waals surface area contributed by atoms with Crippen molar-refractivity contribution in [2.24, 2.45) is 11.8 Å². The zero-order valence-electron chi connectivity index (χ0n) is 9.20. The Morgan fingerprint density at radius 3 is 2.43 bits per heavy atom. The third kappa shape index (κ3) is 5.53. The summed E-state index contributed by atoms with van der Waals surface area (Å²) in [6, 6.07) is 0. The van der Waals surface area contributed by atoms with Gasteiger partial charge < -0.3 is 5.11 Å². The Hall–Kier alpha value is -0.180. The Bertz CT molecular complexity index is 159. The van der Waals surface area contributed by atoms with E-state index < -0.39 is 5.97 Å². The fourth-order valence-electron chi connectivity index (χ4n) is 1.64. The molecule has 3 heteroatoms. The maximum atomic E-state index is 10.8. The highest BCUT2D eigenvalue weighted by Crippen LogP contribution is 2.22. The summed E-state index contributed by atoms with van der Waals surface area (Å²) in [5.74, 6) is 0.0519. The lowest BCUT2D eigenvalue weighted by Crippen LogP contribution is -2.19. The normalized spacial score (nSPS) is 15.1. The summed E-state index contributed by atoms with van der Waals surface area (Å²) in [5.41, 5.74) is 0. The van der Waals surface area contributed by atoms with Gasteiger partial charge in [0.2, 0.25) is 0 Å². The molecule has 0 bridgehead atoms. The van der Waals surface area contributed by atoms with Crippen molar-refractivity contribution in [1.29, 1.82) is 0 Å². The molecule has 0 aliphatic rings. The number of rotatable bonds is 8. The summed E-state index contributed by atoms with van der Waals surface area (Å²) >= 11 is 4.08. The van der Waals surface area contributed by atoms with Crippen molar-refractivity contribution in [3.8, 4) is 0 Å². The van der Waals surface area contributed by atoms with Crippen molar-refractivity contribution < 1.29 is 9.90 Å². The smallest absolute Gasteiger partial charge is 0.307 e. The van der Waals surface area contributed by atoms with E-state index in [0.717, 1.165) is 19.3 Å². The van der Waals surface area contributed by atoms with Gasteiger partial charge in [-0.05, 0) is 12.3 Å². The molecule has 0 saturated heterocycles. The molecule has 0 rings (SSSR count). The van der Waals surface area contributed by atoms with Gasteiger partial charge in [-0.3, -0.25) is 4.79 Å². The molecule has 0 aromatic rings. The maximum absolute atomic E-state index is 10.8. The molecule has 2 atom stereocenters. The van der Waals surface area contributed by atoms with Crippen molar-refractivity contribution in [3.63, 3.8) is 0 Å². The second kappa shape index (κ2) is 8.16. The standard InChI is InChI=1S/C11H22O2S/c1-3-5-6-9(4-2)7-10(8-14)11(12)13/h9-10,14H,3-8H2,1-2H3,(H,12,13). The first-order chi connectivity index (χ1) is 6.65. The largest absolute Gasteiger partial charge is 0.481 e. The summed E-state index contributed by atoms with van der Waals surface area (Å²) in [6.07, 6.45) is 5.42. The zero-order valence-corrected chi connectivity index (χ0v) is 10.1. The van der Waals surface area contributed by atoms with Crippen LogP contribution in [0.2, 0.25) is 0 Å². The summed E-state index contributed by atoms with van der Waals surface area (Å²) in [5, 5.41) is 8.89. The molecule has 0 radical (unpaired) electrons. The van der Waals surface area contributed by atoms with E-state index in [1.807, 2.05) is 0 Å². The highest BCUT2D eigenvalue weighted by molar-refractivity contribution is 7.80. The molecule has 84 valence electrons. The Morgan fingerprint density at radius 1 is 1.43 bits per heavy atom. The first kappa shape index (κ1) is 13.8. The van der Waals surface area contributed by atoms with Crippen LogP contribution < -0.4 is 0 Å². The summed E-state index contributed by atoms with van der Waals surface area (Å²) < 4.78 is 0. The van der Waals surface area contributed by atoms with Crippen LogP contribution in [0.5, 0.6) is 0 Å². The number of hydrogen-bond acceptors (Lipinski definition) is 2. The maximum Gasteiger partial charge on any atom is 0.307 e. The lowest BCUT2D eigenvalue weighted by Gasteiger charge is -2.18. The summed E-state index contributed by atoms with van der Waals surface area (Å²) in [7, 11) is 0. The van der Waals surface area contributed by atoms with Crippen LogP contribution in [0, 0.1) is 11.8 Å². The second-order valence-electron chi connectivity index (χ2n) is 3.87. The van der Waals surface area contributed by atoms with Crippen molar-refractivity contribution >= 4 is 18.6 Å². The van der Waals surface area contributed by atoms with Crippen LogP contribution in [0.1, 0.15) is 46.0 Å². The van der Waals surface area contributed by atoms with Crippen molar-refractivity contribution in [3.05, 3.63) is 0 Å². The van der Waals surface area contributed by atoms with E-state index in [1.165, 1.54) is 12.8 Å². The predicted octanol–water partition coefficient (Wildman–Crippen LogP) is 3.22. The predicted molar refractivity (Wildman–Crippen MR) is 62.9 cm³/mol. The van der Waals surface area contributed by atoms with Crippen LogP contribution >= 0.6 is 12.6 Å². The van der Waals surface area contributed by atoms with Crippen LogP contribution in [0.4, 0.5) is 0 Å². The quantitative estimate of drug-likeness (QED) is 0.614. The Kier molecular flexibility index (Phi) is 8.05.